The summed E-state index contributed by atoms with van der Waals surface area (Å²) in [7, 11) is 0. The van der Waals surface area contributed by atoms with E-state index >= 15 is 0 Å². The summed E-state index contributed by atoms with van der Waals surface area (Å²) in [5.41, 5.74) is 11.2. The van der Waals surface area contributed by atoms with Crippen molar-refractivity contribution in [3.63, 3.8) is 0 Å². The highest BCUT2D eigenvalue weighted by molar-refractivity contribution is 6.11. The quantitative estimate of drug-likeness (QED) is 0.171. The molecule has 0 aliphatic rings. The van der Waals surface area contributed by atoms with Gasteiger partial charge in [-0.3, -0.25) is 0 Å². The SMILES string of the molecule is c1ccc(-c2cc(-c3ccccc3)nc(-c3ncnc(-c4ccc5c(c4)c4ccccc4n5-c4cccc(-n5c6ccccc6c6ccccc65)c4)n3)n2)cc1. The fourth-order valence-corrected chi connectivity index (χ4v) is 7.97. The highest BCUT2D eigenvalue weighted by atomic mass is 15.1. The van der Waals surface area contributed by atoms with E-state index in [-0.39, 0.29) is 0 Å². The number of aromatic nitrogens is 7. The fraction of sp³-hybridized carbons (Fsp3) is 0. The van der Waals surface area contributed by atoms with Gasteiger partial charge in [-0.15, -0.1) is 0 Å². The lowest BCUT2D eigenvalue weighted by Crippen LogP contribution is -2.01. The molecule has 0 unspecified atom stereocenters. The van der Waals surface area contributed by atoms with Crippen molar-refractivity contribution in [2.24, 2.45) is 0 Å². The van der Waals surface area contributed by atoms with Gasteiger partial charge in [-0.2, -0.15) is 0 Å². The normalized spacial score (nSPS) is 11.6. The molecule has 0 saturated carbocycles. The molecule has 0 fully saturated rings. The first-order valence-electron chi connectivity index (χ1n) is 18.6. The topological polar surface area (TPSA) is 74.3 Å². The van der Waals surface area contributed by atoms with Crippen LogP contribution < -0.4 is 0 Å². The molecule has 56 heavy (non-hydrogen) atoms. The molecule has 0 amide bonds. The maximum absolute atomic E-state index is 4.97. The second kappa shape index (κ2) is 13.0. The molecule has 4 heterocycles. The minimum Gasteiger partial charge on any atom is -0.309 e. The van der Waals surface area contributed by atoms with Crippen LogP contribution in [0.1, 0.15) is 0 Å². The van der Waals surface area contributed by atoms with Crippen LogP contribution >= 0.6 is 0 Å². The van der Waals surface area contributed by atoms with Gasteiger partial charge in [0.2, 0.25) is 5.82 Å². The number of nitrogens with zero attached hydrogens (tertiary/aromatic N) is 7. The zero-order valence-electron chi connectivity index (χ0n) is 30.0. The molecule has 0 spiro atoms. The Kier molecular flexibility index (Phi) is 7.35. The van der Waals surface area contributed by atoms with Crippen LogP contribution in [0.3, 0.4) is 0 Å². The Labute approximate surface area is 321 Å². The van der Waals surface area contributed by atoms with Gasteiger partial charge in [-0.1, -0.05) is 121 Å². The first-order chi connectivity index (χ1) is 27.8. The number of fused-ring (bicyclic) bond motifs is 6. The molecule has 0 saturated heterocycles. The van der Waals surface area contributed by atoms with E-state index in [1.54, 1.807) is 6.33 Å². The smallest absolute Gasteiger partial charge is 0.201 e. The van der Waals surface area contributed by atoms with Gasteiger partial charge in [0, 0.05) is 49.6 Å². The van der Waals surface area contributed by atoms with Gasteiger partial charge in [0.25, 0.3) is 0 Å². The Morgan fingerprint density at radius 2 is 0.786 bits per heavy atom. The van der Waals surface area contributed by atoms with Crippen molar-refractivity contribution in [3.8, 4) is 56.9 Å². The van der Waals surface area contributed by atoms with Crippen molar-refractivity contribution in [3.05, 3.63) is 188 Å². The molecule has 11 aromatic rings. The predicted octanol–water partition coefficient (Wildman–Crippen LogP) is 11.5. The van der Waals surface area contributed by atoms with E-state index in [2.05, 4.69) is 134 Å². The average molecular weight is 718 g/mol. The molecule has 262 valence electrons. The summed E-state index contributed by atoms with van der Waals surface area (Å²) in [5.74, 6) is 1.40. The Balaban J connectivity index is 1.03. The van der Waals surface area contributed by atoms with Crippen LogP contribution in [0.15, 0.2) is 188 Å². The van der Waals surface area contributed by atoms with Crippen LogP contribution in [-0.4, -0.2) is 34.1 Å². The molecule has 4 aromatic heterocycles. The third-order valence-corrected chi connectivity index (χ3v) is 10.5. The summed E-state index contributed by atoms with van der Waals surface area (Å²) in [6.45, 7) is 0. The maximum Gasteiger partial charge on any atom is 0.201 e. The van der Waals surface area contributed by atoms with Gasteiger partial charge in [0.15, 0.2) is 11.6 Å². The molecule has 7 aromatic carbocycles. The van der Waals surface area contributed by atoms with Crippen LogP contribution in [0.4, 0.5) is 0 Å². The lowest BCUT2D eigenvalue weighted by Gasteiger charge is -2.13. The molecule has 0 N–H and O–H groups in total. The molecule has 0 radical (unpaired) electrons. The first kappa shape index (κ1) is 31.7. The van der Waals surface area contributed by atoms with E-state index in [9.17, 15) is 0 Å². The van der Waals surface area contributed by atoms with Crippen molar-refractivity contribution in [2.75, 3.05) is 0 Å². The average Bonchev–Trinajstić information content (AvgIpc) is 3.80. The van der Waals surface area contributed by atoms with Gasteiger partial charge in [0.05, 0.1) is 33.5 Å². The summed E-state index contributed by atoms with van der Waals surface area (Å²) in [5, 5.41) is 4.74. The van der Waals surface area contributed by atoms with Gasteiger partial charge in [0.1, 0.15) is 6.33 Å². The van der Waals surface area contributed by atoms with Crippen molar-refractivity contribution in [2.45, 2.75) is 0 Å². The van der Waals surface area contributed by atoms with Crippen molar-refractivity contribution < 1.29 is 0 Å². The molecule has 7 nitrogen and oxygen atoms in total. The third-order valence-electron chi connectivity index (χ3n) is 10.5. The van der Waals surface area contributed by atoms with Gasteiger partial charge in [-0.05, 0) is 60.7 Å². The Morgan fingerprint density at radius 1 is 0.304 bits per heavy atom. The lowest BCUT2D eigenvalue weighted by molar-refractivity contribution is 1.03. The number of hydrogen-bond acceptors (Lipinski definition) is 5. The van der Waals surface area contributed by atoms with E-state index in [0.29, 0.717) is 17.5 Å². The van der Waals surface area contributed by atoms with Crippen LogP contribution in [-0.2, 0) is 0 Å². The van der Waals surface area contributed by atoms with Crippen molar-refractivity contribution >= 4 is 43.6 Å². The standard InChI is InChI=1S/C49H31N7/c1-3-14-32(15-4-1)41-30-42(33-16-5-2-6-17-33)53-49(52-41)48-51-31-50-47(54-48)34-26-27-46-40(28-34)39-22-9-12-25-45(39)56(46)36-19-13-18-35(29-36)55-43-23-10-7-20-37(43)38-21-8-11-24-44(38)55/h1-31H. The molecule has 0 aliphatic heterocycles. The number of hydrogen-bond donors (Lipinski definition) is 0. The van der Waals surface area contributed by atoms with Gasteiger partial charge >= 0.3 is 0 Å². The van der Waals surface area contributed by atoms with Crippen LogP contribution in [0, 0.1) is 0 Å². The maximum atomic E-state index is 4.97. The molecular weight excluding hydrogens is 687 g/mol. The van der Waals surface area contributed by atoms with Crippen molar-refractivity contribution in [1.82, 2.24) is 34.1 Å². The second-order valence-corrected chi connectivity index (χ2v) is 13.8. The Hall–Kier alpha value is -7.77. The molecule has 7 heteroatoms. The summed E-state index contributed by atoms with van der Waals surface area (Å²) < 4.78 is 4.71. The van der Waals surface area contributed by atoms with E-state index in [1.165, 1.54) is 21.8 Å². The van der Waals surface area contributed by atoms with E-state index < -0.39 is 0 Å². The van der Waals surface area contributed by atoms with E-state index in [1.807, 2.05) is 66.7 Å². The molecule has 0 aliphatic carbocycles. The summed E-state index contributed by atoms with van der Waals surface area (Å²) in [6.07, 6.45) is 1.55. The van der Waals surface area contributed by atoms with Gasteiger partial charge < -0.3 is 9.13 Å². The highest BCUT2D eigenvalue weighted by Gasteiger charge is 2.18. The molecule has 11 rings (SSSR count). The van der Waals surface area contributed by atoms with Crippen LogP contribution in [0.25, 0.3) is 101 Å². The minimum atomic E-state index is 0.411. The summed E-state index contributed by atoms with van der Waals surface area (Å²) >= 11 is 0. The molecular formula is C49H31N7. The number of rotatable bonds is 6. The van der Waals surface area contributed by atoms with Crippen LogP contribution in [0.2, 0.25) is 0 Å². The number of para-hydroxylation sites is 3. The minimum absolute atomic E-state index is 0.411. The first-order valence-corrected chi connectivity index (χ1v) is 18.6. The van der Waals surface area contributed by atoms with Gasteiger partial charge in [-0.25, -0.2) is 24.9 Å². The molecule has 0 atom stereocenters. The largest absolute Gasteiger partial charge is 0.309 e. The van der Waals surface area contributed by atoms with E-state index in [0.717, 1.165) is 61.3 Å². The number of benzene rings is 7. The third kappa shape index (κ3) is 5.25. The van der Waals surface area contributed by atoms with Crippen LogP contribution in [0.5, 0.6) is 0 Å². The summed E-state index contributed by atoms with van der Waals surface area (Å²) in [4.78, 5) is 24.1. The Bertz CT molecular complexity index is 3150. The van der Waals surface area contributed by atoms with Crippen molar-refractivity contribution in [1.29, 1.82) is 0 Å². The summed E-state index contributed by atoms with van der Waals surface area (Å²) in [6, 6.07) is 63.3. The lowest BCUT2D eigenvalue weighted by atomic mass is 10.1. The fourth-order valence-electron chi connectivity index (χ4n) is 7.97. The Morgan fingerprint density at radius 3 is 1.36 bits per heavy atom. The zero-order valence-corrected chi connectivity index (χ0v) is 30.0. The van der Waals surface area contributed by atoms with E-state index in [4.69, 9.17) is 15.0 Å². The predicted molar refractivity (Wildman–Crippen MR) is 226 cm³/mol. The molecule has 0 bridgehead atoms. The zero-order chi connectivity index (χ0) is 37.0. The highest BCUT2D eigenvalue weighted by Crippen LogP contribution is 2.37. The second-order valence-electron chi connectivity index (χ2n) is 13.8. The monoisotopic (exact) mass is 717 g/mol.